The molecule has 94 valence electrons. The molecule has 0 aromatic heterocycles. The van der Waals surface area contributed by atoms with Crippen LogP contribution in [0.25, 0.3) is 0 Å². The van der Waals surface area contributed by atoms with E-state index in [2.05, 4.69) is 0 Å². The van der Waals surface area contributed by atoms with Crippen LogP contribution in [0.3, 0.4) is 0 Å². The first-order chi connectivity index (χ1) is 8.04. The number of hydrogen-bond acceptors (Lipinski definition) is 5. The predicted molar refractivity (Wildman–Crippen MR) is 62.8 cm³/mol. The quantitative estimate of drug-likeness (QED) is 0.320. The molecule has 9 N–H and O–H groups in total. The van der Waals surface area contributed by atoms with Crippen LogP contribution in [0, 0.1) is 0 Å². The highest BCUT2D eigenvalue weighted by molar-refractivity contribution is 5.64. The van der Waals surface area contributed by atoms with Crippen LogP contribution >= 0.6 is 0 Å². The number of nitrogens with two attached hydrogens (primary N) is 3. The Morgan fingerprint density at radius 2 is 1.82 bits per heavy atom. The Hall–Kier alpha value is -1.34. The maximum atomic E-state index is 9.91. The van der Waals surface area contributed by atoms with E-state index < -0.39 is 18.2 Å². The molecule has 1 saturated heterocycles. The maximum Gasteiger partial charge on any atom is 0.142 e. The van der Waals surface area contributed by atoms with E-state index in [1.54, 1.807) is 23.5 Å². The van der Waals surface area contributed by atoms with Crippen LogP contribution in [0.15, 0.2) is 18.2 Å². The zero-order valence-electron chi connectivity index (χ0n) is 9.32. The highest BCUT2D eigenvalue weighted by Gasteiger charge is 2.45. The average molecular weight is 240 g/mol. The van der Waals surface area contributed by atoms with Gasteiger partial charge < -0.3 is 32.1 Å². The van der Waals surface area contributed by atoms with Crippen LogP contribution in [0.5, 0.6) is 0 Å². The topological polar surface area (TPSA) is 129 Å². The van der Waals surface area contributed by atoms with Gasteiger partial charge >= 0.3 is 0 Å². The minimum absolute atomic E-state index is 0.181. The van der Waals surface area contributed by atoms with Crippen molar-refractivity contribution in [3.63, 3.8) is 0 Å². The molecule has 1 heterocycles. The number of anilines is 2. The average Bonchev–Trinajstić information content (AvgIpc) is 2.60. The van der Waals surface area contributed by atoms with Crippen LogP contribution in [-0.4, -0.2) is 40.2 Å². The van der Waals surface area contributed by atoms with Crippen LogP contribution in [0.4, 0.5) is 11.4 Å². The molecule has 1 aliphatic rings. The molecule has 4 atom stereocenters. The zero-order chi connectivity index (χ0) is 12.6. The molecule has 6 nitrogen and oxygen atoms in total. The summed E-state index contributed by atoms with van der Waals surface area (Å²) < 4.78 is 0. The lowest BCUT2D eigenvalue weighted by Crippen LogP contribution is -2.89. The summed E-state index contributed by atoms with van der Waals surface area (Å²) >= 11 is 0. The molecule has 0 amide bonds. The van der Waals surface area contributed by atoms with Gasteiger partial charge in [0, 0.05) is 5.56 Å². The number of rotatable bonds is 2. The van der Waals surface area contributed by atoms with Gasteiger partial charge in [-0.2, -0.15) is 0 Å². The highest BCUT2D eigenvalue weighted by Crippen LogP contribution is 2.25. The Labute approximate surface area is 98.9 Å². The van der Waals surface area contributed by atoms with Gasteiger partial charge in [-0.1, -0.05) is 6.07 Å². The van der Waals surface area contributed by atoms with Crippen molar-refractivity contribution in [2.45, 2.75) is 24.3 Å². The largest absolute Gasteiger partial charge is 0.397 e. The molecule has 1 fully saturated rings. The molecule has 0 bridgehead atoms. The molecule has 1 aliphatic heterocycles. The van der Waals surface area contributed by atoms with Gasteiger partial charge in [-0.3, -0.25) is 0 Å². The SMILES string of the molecule is Nc1ccc([C@@H]2[NH2+][C@H](CO)[C@@H](O)[C@H]2O)cc1N. The smallest absolute Gasteiger partial charge is 0.142 e. The summed E-state index contributed by atoms with van der Waals surface area (Å²) in [7, 11) is 0. The third-order valence-corrected chi connectivity index (χ3v) is 3.32. The number of hydrogen-bond donors (Lipinski definition) is 6. The number of benzene rings is 1. The fourth-order valence-corrected chi connectivity index (χ4v) is 2.24. The second-order valence-electron chi connectivity index (χ2n) is 4.43. The van der Waals surface area contributed by atoms with E-state index in [9.17, 15) is 10.2 Å². The van der Waals surface area contributed by atoms with E-state index in [0.717, 1.165) is 5.56 Å². The summed E-state index contributed by atoms with van der Waals surface area (Å²) in [5.74, 6) is 0. The van der Waals surface area contributed by atoms with Gasteiger partial charge in [-0.05, 0) is 12.1 Å². The maximum absolute atomic E-state index is 9.91. The fraction of sp³-hybridized carbons (Fsp3) is 0.455. The Bertz CT molecular complexity index is 413. The van der Waals surface area contributed by atoms with E-state index in [0.29, 0.717) is 11.4 Å². The molecule has 17 heavy (non-hydrogen) atoms. The van der Waals surface area contributed by atoms with Crippen molar-refractivity contribution in [3.05, 3.63) is 23.8 Å². The first-order valence-corrected chi connectivity index (χ1v) is 5.51. The van der Waals surface area contributed by atoms with E-state index in [4.69, 9.17) is 16.6 Å². The minimum atomic E-state index is -0.941. The first-order valence-electron chi connectivity index (χ1n) is 5.51. The van der Waals surface area contributed by atoms with E-state index in [1.807, 2.05) is 0 Å². The van der Waals surface area contributed by atoms with Gasteiger partial charge in [-0.25, -0.2) is 0 Å². The van der Waals surface area contributed by atoms with Crippen LogP contribution in [0.1, 0.15) is 11.6 Å². The second kappa shape index (κ2) is 4.50. The monoisotopic (exact) mass is 240 g/mol. The summed E-state index contributed by atoms with van der Waals surface area (Å²) in [5.41, 5.74) is 13.0. The Morgan fingerprint density at radius 1 is 1.12 bits per heavy atom. The Kier molecular flexibility index (Phi) is 3.21. The number of quaternary nitrogens is 1. The third-order valence-electron chi connectivity index (χ3n) is 3.32. The van der Waals surface area contributed by atoms with Crippen LogP contribution in [-0.2, 0) is 0 Å². The van der Waals surface area contributed by atoms with Crippen molar-refractivity contribution >= 4 is 11.4 Å². The van der Waals surface area contributed by atoms with Crippen molar-refractivity contribution in [2.75, 3.05) is 18.1 Å². The van der Waals surface area contributed by atoms with Crippen molar-refractivity contribution in [1.82, 2.24) is 0 Å². The zero-order valence-corrected chi connectivity index (χ0v) is 9.32. The minimum Gasteiger partial charge on any atom is -0.397 e. The van der Waals surface area contributed by atoms with Crippen LogP contribution < -0.4 is 16.8 Å². The normalized spacial score (nSPS) is 32.9. The lowest BCUT2D eigenvalue weighted by Gasteiger charge is -2.13. The number of aliphatic hydroxyl groups excluding tert-OH is 3. The van der Waals surface area contributed by atoms with Gasteiger partial charge in [-0.15, -0.1) is 0 Å². The van der Waals surface area contributed by atoms with Crippen molar-refractivity contribution in [2.24, 2.45) is 0 Å². The van der Waals surface area contributed by atoms with E-state index in [1.165, 1.54) is 0 Å². The van der Waals surface area contributed by atoms with Gasteiger partial charge in [0.25, 0.3) is 0 Å². The van der Waals surface area contributed by atoms with Crippen molar-refractivity contribution in [1.29, 1.82) is 0 Å². The Balaban J connectivity index is 2.25. The molecule has 1 aromatic rings. The molecular formula is C11H18N3O3+. The summed E-state index contributed by atoms with van der Waals surface area (Å²) in [6.07, 6.45) is -1.86. The van der Waals surface area contributed by atoms with Crippen molar-refractivity contribution in [3.8, 4) is 0 Å². The lowest BCUT2D eigenvalue weighted by atomic mass is 10.0. The molecule has 0 aliphatic carbocycles. The van der Waals surface area contributed by atoms with Gasteiger partial charge in [0.05, 0.1) is 18.0 Å². The second-order valence-corrected chi connectivity index (χ2v) is 4.43. The third kappa shape index (κ3) is 2.07. The molecule has 0 radical (unpaired) electrons. The van der Waals surface area contributed by atoms with Gasteiger partial charge in [0.15, 0.2) is 0 Å². The van der Waals surface area contributed by atoms with Crippen molar-refractivity contribution < 1.29 is 20.6 Å². The van der Waals surface area contributed by atoms with Gasteiger partial charge in [0.2, 0.25) is 0 Å². The lowest BCUT2D eigenvalue weighted by molar-refractivity contribution is -0.714. The molecule has 6 heteroatoms. The fourth-order valence-electron chi connectivity index (χ4n) is 2.24. The van der Waals surface area contributed by atoms with E-state index in [-0.39, 0.29) is 12.6 Å². The number of aliphatic hydroxyl groups is 3. The Morgan fingerprint density at radius 3 is 2.35 bits per heavy atom. The standard InChI is InChI=1S/C11H17N3O3/c12-6-2-1-5(3-7(6)13)9-11(17)10(16)8(4-15)14-9/h1-3,8-11,14-17H,4,12-13H2/p+1/t8-,9+,10-,11+/m1/s1. The predicted octanol–water partition coefficient (Wildman–Crippen LogP) is -2.45. The van der Waals surface area contributed by atoms with Gasteiger partial charge in [0.1, 0.15) is 24.3 Å². The van der Waals surface area contributed by atoms with Crippen LogP contribution in [0.2, 0.25) is 0 Å². The molecule has 0 spiro atoms. The molecule has 2 rings (SSSR count). The molecular weight excluding hydrogens is 222 g/mol. The summed E-state index contributed by atoms with van der Waals surface area (Å²) in [6.45, 7) is -0.181. The molecule has 0 unspecified atom stereocenters. The molecule has 1 aromatic carbocycles. The molecule has 0 saturated carbocycles. The summed E-state index contributed by atoms with van der Waals surface area (Å²) in [6, 6.07) is 4.39. The summed E-state index contributed by atoms with van der Waals surface area (Å²) in [4.78, 5) is 0. The first kappa shape index (κ1) is 12.1. The summed E-state index contributed by atoms with van der Waals surface area (Å²) in [5, 5.41) is 30.4. The number of nitrogen functional groups attached to an aromatic ring is 2. The van der Waals surface area contributed by atoms with E-state index >= 15 is 0 Å². The highest BCUT2D eigenvalue weighted by atomic mass is 16.3.